The maximum absolute atomic E-state index is 13.8. The van der Waals surface area contributed by atoms with Gasteiger partial charge in [0, 0.05) is 18.2 Å². The van der Waals surface area contributed by atoms with Crippen LogP contribution in [0.25, 0.3) is 0 Å². The van der Waals surface area contributed by atoms with Crippen LogP contribution in [0.5, 0.6) is 0 Å². The van der Waals surface area contributed by atoms with E-state index >= 15 is 0 Å². The van der Waals surface area contributed by atoms with Crippen LogP contribution in [0, 0.1) is 5.82 Å². The van der Waals surface area contributed by atoms with Gasteiger partial charge in [0.2, 0.25) is 0 Å². The highest BCUT2D eigenvalue weighted by Gasteiger charge is 2.23. The van der Waals surface area contributed by atoms with E-state index in [0.717, 1.165) is 0 Å². The highest BCUT2D eigenvalue weighted by molar-refractivity contribution is 5.55. The molecule has 3 nitrogen and oxygen atoms in total. The second kappa shape index (κ2) is 4.80. The molecule has 1 atom stereocenters. The first-order valence-electron chi connectivity index (χ1n) is 5.46. The van der Waals surface area contributed by atoms with Crippen LogP contribution < -0.4 is 4.90 Å². The van der Waals surface area contributed by atoms with Crippen molar-refractivity contribution in [2.45, 2.75) is 19.6 Å². The summed E-state index contributed by atoms with van der Waals surface area (Å²) in [4.78, 5) is 1.96. The van der Waals surface area contributed by atoms with Gasteiger partial charge in [-0.25, -0.2) is 4.39 Å². The van der Waals surface area contributed by atoms with Crippen LogP contribution in [0.15, 0.2) is 18.2 Å². The first-order valence-corrected chi connectivity index (χ1v) is 5.46. The lowest BCUT2D eigenvalue weighted by molar-refractivity contribution is 0.0983. The SMILES string of the molecule is CC1COCCN1c1c(F)cccc1CO. The second-order valence-corrected chi connectivity index (χ2v) is 4.02. The van der Waals surface area contributed by atoms with Gasteiger partial charge in [-0.2, -0.15) is 0 Å². The predicted octanol–water partition coefficient (Wildman–Crippen LogP) is 1.54. The van der Waals surface area contributed by atoms with Gasteiger partial charge in [0.25, 0.3) is 0 Å². The number of rotatable bonds is 2. The third-order valence-corrected chi connectivity index (χ3v) is 2.90. The van der Waals surface area contributed by atoms with E-state index in [-0.39, 0.29) is 18.5 Å². The Bertz CT molecular complexity index is 370. The fourth-order valence-corrected chi connectivity index (χ4v) is 2.07. The molecule has 1 aromatic carbocycles. The molecule has 2 rings (SSSR count). The van der Waals surface area contributed by atoms with Crippen molar-refractivity contribution in [1.29, 1.82) is 0 Å². The lowest BCUT2D eigenvalue weighted by atomic mass is 10.1. The Morgan fingerprint density at radius 3 is 3.06 bits per heavy atom. The zero-order valence-corrected chi connectivity index (χ0v) is 9.32. The maximum atomic E-state index is 13.8. The van der Waals surface area contributed by atoms with Crippen molar-refractivity contribution in [2.75, 3.05) is 24.7 Å². The average molecular weight is 225 g/mol. The van der Waals surface area contributed by atoms with E-state index in [1.165, 1.54) is 6.07 Å². The minimum absolute atomic E-state index is 0.135. The predicted molar refractivity (Wildman–Crippen MR) is 59.9 cm³/mol. The number of hydrogen-bond donors (Lipinski definition) is 1. The number of nitrogens with zero attached hydrogens (tertiary/aromatic N) is 1. The van der Waals surface area contributed by atoms with Crippen LogP contribution in [0.2, 0.25) is 0 Å². The molecule has 4 heteroatoms. The molecule has 1 aliphatic rings. The number of aliphatic hydroxyl groups excluding tert-OH is 1. The van der Waals surface area contributed by atoms with Crippen molar-refractivity contribution < 1.29 is 14.2 Å². The first-order chi connectivity index (χ1) is 7.74. The van der Waals surface area contributed by atoms with E-state index < -0.39 is 0 Å². The van der Waals surface area contributed by atoms with Gasteiger partial charge in [-0.3, -0.25) is 0 Å². The van der Waals surface area contributed by atoms with Crippen molar-refractivity contribution >= 4 is 5.69 Å². The summed E-state index contributed by atoms with van der Waals surface area (Å²) < 4.78 is 19.1. The molecule has 1 aromatic rings. The average Bonchev–Trinajstić information content (AvgIpc) is 2.30. The number of para-hydroxylation sites is 1. The lowest BCUT2D eigenvalue weighted by Gasteiger charge is -2.36. The van der Waals surface area contributed by atoms with E-state index in [9.17, 15) is 9.50 Å². The van der Waals surface area contributed by atoms with E-state index in [4.69, 9.17) is 4.74 Å². The monoisotopic (exact) mass is 225 g/mol. The summed E-state index contributed by atoms with van der Waals surface area (Å²) in [6.07, 6.45) is 0. The van der Waals surface area contributed by atoms with Crippen molar-refractivity contribution in [3.05, 3.63) is 29.6 Å². The lowest BCUT2D eigenvalue weighted by Crippen LogP contribution is -2.44. The van der Waals surface area contributed by atoms with Crippen molar-refractivity contribution in [3.63, 3.8) is 0 Å². The minimum Gasteiger partial charge on any atom is -0.392 e. The summed E-state index contributed by atoms with van der Waals surface area (Å²) in [5.74, 6) is -0.277. The normalized spacial score (nSPS) is 21.2. The summed E-state index contributed by atoms with van der Waals surface area (Å²) in [7, 11) is 0. The molecular formula is C12H16FNO2. The van der Waals surface area contributed by atoms with Gasteiger partial charge >= 0.3 is 0 Å². The van der Waals surface area contributed by atoms with E-state index in [1.807, 2.05) is 11.8 Å². The summed E-state index contributed by atoms with van der Waals surface area (Å²) in [6, 6.07) is 4.93. The van der Waals surface area contributed by atoms with E-state index in [0.29, 0.717) is 31.0 Å². The van der Waals surface area contributed by atoms with Crippen molar-refractivity contribution in [1.82, 2.24) is 0 Å². The van der Waals surface area contributed by atoms with Crippen LogP contribution in [0.4, 0.5) is 10.1 Å². The molecule has 0 aliphatic carbocycles. The quantitative estimate of drug-likeness (QED) is 0.828. The van der Waals surface area contributed by atoms with Crippen molar-refractivity contribution in [3.8, 4) is 0 Å². The summed E-state index contributed by atoms with van der Waals surface area (Å²) in [5, 5.41) is 9.24. The molecule has 0 saturated carbocycles. The number of morpholine rings is 1. The topological polar surface area (TPSA) is 32.7 Å². The molecule has 0 spiro atoms. The Hall–Kier alpha value is -1.13. The number of hydrogen-bond acceptors (Lipinski definition) is 3. The first kappa shape index (κ1) is 11.4. The van der Waals surface area contributed by atoms with E-state index in [1.54, 1.807) is 12.1 Å². The van der Waals surface area contributed by atoms with Gasteiger partial charge in [-0.05, 0) is 13.0 Å². The Labute approximate surface area is 94.4 Å². The highest BCUT2D eigenvalue weighted by atomic mass is 19.1. The smallest absolute Gasteiger partial charge is 0.146 e. The summed E-state index contributed by atoms with van der Waals surface area (Å²) >= 11 is 0. The molecule has 1 saturated heterocycles. The van der Waals surface area contributed by atoms with Crippen LogP contribution in [0.3, 0.4) is 0 Å². The Morgan fingerprint density at radius 2 is 2.38 bits per heavy atom. The molecular weight excluding hydrogens is 209 g/mol. The van der Waals surface area contributed by atoms with Crippen LogP contribution >= 0.6 is 0 Å². The molecule has 16 heavy (non-hydrogen) atoms. The largest absolute Gasteiger partial charge is 0.392 e. The van der Waals surface area contributed by atoms with Crippen molar-refractivity contribution in [2.24, 2.45) is 0 Å². The fraction of sp³-hybridized carbons (Fsp3) is 0.500. The Morgan fingerprint density at radius 1 is 1.56 bits per heavy atom. The molecule has 1 N–H and O–H groups in total. The molecule has 0 amide bonds. The third kappa shape index (κ3) is 2.03. The van der Waals surface area contributed by atoms with Gasteiger partial charge in [0.05, 0.1) is 25.5 Å². The molecule has 1 heterocycles. The molecule has 1 unspecified atom stereocenters. The van der Waals surface area contributed by atoms with E-state index in [2.05, 4.69) is 0 Å². The molecule has 0 bridgehead atoms. The molecule has 0 radical (unpaired) electrons. The zero-order chi connectivity index (χ0) is 11.5. The fourth-order valence-electron chi connectivity index (χ4n) is 2.07. The van der Waals surface area contributed by atoms with Crippen LogP contribution in [-0.4, -0.2) is 30.9 Å². The number of anilines is 1. The van der Waals surface area contributed by atoms with Crippen LogP contribution in [0.1, 0.15) is 12.5 Å². The van der Waals surface area contributed by atoms with Gasteiger partial charge in [-0.15, -0.1) is 0 Å². The molecule has 1 fully saturated rings. The number of halogens is 1. The van der Waals surface area contributed by atoms with Gasteiger partial charge in [-0.1, -0.05) is 12.1 Å². The number of ether oxygens (including phenoxy) is 1. The second-order valence-electron chi connectivity index (χ2n) is 4.02. The third-order valence-electron chi connectivity index (χ3n) is 2.90. The Balaban J connectivity index is 2.37. The molecule has 88 valence electrons. The highest BCUT2D eigenvalue weighted by Crippen LogP contribution is 2.27. The minimum atomic E-state index is -0.277. The molecule has 0 aromatic heterocycles. The summed E-state index contributed by atoms with van der Waals surface area (Å²) in [6.45, 7) is 3.71. The van der Waals surface area contributed by atoms with Gasteiger partial charge in [0.15, 0.2) is 0 Å². The number of aliphatic hydroxyl groups is 1. The molecule has 1 aliphatic heterocycles. The van der Waals surface area contributed by atoms with Gasteiger partial charge in [0.1, 0.15) is 5.82 Å². The standard InChI is InChI=1S/C12H16FNO2/c1-9-8-16-6-5-14(9)12-10(7-15)3-2-4-11(12)13/h2-4,9,15H,5-8H2,1H3. The zero-order valence-electron chi connectivity index (χ0n) is 9.32. The Kier molecular flexibility index (Phi) is 3.41. The maximum Gasteiger partial charge on any atom is 0.146 e. The number of benzene rings is 1. The summed E-state index contributed by atoms with van der Waals surface area (Å²) in [5.41, 5.74) is 1.15. The van der Waals surface area contributed by atoms with Gasteiger partial charge < -0.3 is 14.7 Å². The van der Waals surface area contributed by atoms with Crippen LogP contribution in [-0.2, 0) is 11.3 Å².